The summed E-state index contributed by atoms with van der Waals surface area (Å²) < 4.78 is 2.07. The second-order valence-corrected chi connectivity index (χ2v) is 6.61. The standard InChI is InChI=1S/C23H17ClN2O/c24-19-11-5-4-10-18(19)16-26-21-13-7-6-12-20(21)25-23(26)15-14-22(27)17-8-2-1-3-9-17/h1-15H,16H2/b15-14+. The van der Waals surface area contributed by atoms with E-state index in [4.69, 9.17) is 11.6 Å². The van der Waals surface area contributed by atoms with Gasteiger partial charge in [0.25, 0.3) is 0 Å². The molecule has 0 fully saturated rings. The topological polar surface area (TPSA) is 34.9 Å². The lowest BCUT2D eigenvalue weighted by Gasteiger charge is -2.09. The van der Waals surface area contributed by atoms with Crippen LogP contribution in [0.4, 0.5) is 0 Å². The van der Waals surface area contributed by atoms with E-state index >= 15 is 0 Å². The number of ketones is 1. The lowest BCUT2D eigenvalue weighted by molar-refractivity contribution is 0.104. The number of nitrogens with zero attached hydrogens (tertiary/aromatic N) is 2. The van der Waals surface area contributed by atoms with Gasteiger partial charge in [0, 0.05) is 10.6 Å². The van der Waals surface area contributed by atoms with Crippen LogP contribution in [0, 0.1) is 0 Å². The van der Waals surface area contributed by atoms with E-state index in [1.807, 2.05) is 66.7 Å². The Morgan fingerprint density at radius 2 is 1.63 bits per heavy atom. The molecule has 4 rings (SSSR count). The predicted octanol–water partition coefficient (Wildman–Crippen LogP) is 5.63. The van der Waals surface area contributed by atoms with Crippen molar-refractivity contribution in [2.75, 3.05) is 0 Å². The molecule has 3 aromatic carbocycles. The van der Waals surface area contributed by atoms with E-state index in [9.17, 15) is 4.79 Å². The van der Waals surface area contributed by atoms with Crippen LogP contribution < -0.4 is 0 Å². The van der Waals surface area contributed by atoms with Crippen LogP contribution in [0.15, 0.2) is 84.9 Å². The molecule has 1 aromatic heterocycles. The fourth-order valence-corrected chi connectivity index (χ4v) is 3.23. The normalized spacial score (nSPS) is 11.3. The highest BCUT2D eigenvalue weighted by molar-refractivity contribution is 6.31. The predicted molar refractivity (Wildman–Crippen MR) is 110 cm³/mol. The van der Waals surface area contributed by atoms with E-state index in [1.165, 1.54) is 0 Å². The van der Waals surface area contributed by atoms with Crippen LogP contribution >= 0.6 is 11.6 Å². The van der Waals surface area contributed by atoms with Crippen LogP contribution in [-0.4, -0.2) is 15.3 Å². The van der Waals surface area contributed by atoms with Gasteiger partial charge in [0.05, 0.1) is 17.6 Å². The number of para-hydroxylation sites is 2. The molecule has 4 aromatic rings. The minimum absolute atomic E-state index is 0.0491. The molecule has 27 heavy (non-hydrogen) atoms. The van der Waals surface area contributed by atoms with Crippen molar-refractivity contribution in [1.82, 2.24) is 9.55 Å². The average Bonchev–Trinajstić information content (AvgIpc) is 3.06. The first kappa shape index (κ1) is 17.3. The molecule has 0 aliphatic carbocycles. The van der Waals surface area contributed by atoms with Crippen molar-refractivity contribution in [3.8, 4) is 0 Å². The van der Waals surface area contributed by atoms with Crippen LogP contribution in [0.1, 0.15) is 21.7 Å². The maximum Gasteiger partial charge on any atom is 0.185 e. The largest absolute Gasteiger partial charge is 0.320 e. The van der Waals surface area contributed by atoms with Gasteiger partial charge in [-0.1, -0.05) is 72.3 Å². The summed E-state index contributed by atoms with van der Waals surface area (Å²) in [5.41, 5.74) is 3.55. The van der Waals surface area contributed by atoms with Gasteiger partial charge in [0.1, 0.15) is 5.82 Å². The molecule has 0 aliphatic rings. The molecule has 0 spiro atoms. The van der Waals surface area contributed by atoms with E-state index in [0.717, 1.165) is 22.4 Å². The number of halogens is 1. The van der Waals surface area contributed by atoms with Gasteiger partial charge in [-0.2, -0.15) is 0 Å². The van der Waals surface area contributed by atoms with E-state index < -0.39 is 0 Å². The minimum Gasteiger partial charge on any atom is -0.320 e. The number of hydrogen-bond donors (Lipinski definition) is 0. The second-order valence-electron chi connectivity index (χ2n) is 6.20. The monoisotopic (exact) mass is 372 g/mol. The highest BCUT2D eigenvalue weighted by Crippen LogP contribution is 2.22. The Morgan fingerprint density at radius 3 is 2.44 bits per heavy atom. The van der Waals surface area contributed by atoms with Gasteiger partial charge >= 0.3 is 0 Å². The summed E-state index contributed by atoms with van der Waals surface area (Å²) in [7, 11) is 0. The van der Waals surface area contributed by atoms with Crippen LogP contribution in [0.25, 0.3) is 17.1 Å². The zero-order valence-electron chi connectivity index (χ0n) is 14.5. The summed E-state index contributed by atoms with van der Waals surface area (Å²) in [6, 6.07) is 24.9. The molecule has 0 N–H and O–H groups in total. The number of carbonyl (C=O) groups excluding carboxylic acids is 1. The molecule has 0 saturated heterocycles. The number of carbonyl (C=O) groups is 1. The highest BCUT2D eigenvalue weighted by Gasteiger charge is 2.11. The van der Waals surface area contributed by atoms with E-state index in [2.05, 4.69) is 9.55 Å². The third kappa shape index (κ3) is 3.69. The van der Waals surface area contributed by atoms with Crippen molar-refractivity contribution in [2.24, 2.45) is 0 Å². The Balaban J connectivity index is 1.73. The van der Waals surface area contributed by atoms with Crippen molar-refractivity contribution < 1.29 is 4.79 Å². The molecule has 0 bridgehead atoms. The van der Waals surface area contributed by atoms with Crippen molar-refractivity contribution in [2.45, 2.75) is 6.54 Å². The Hall–Kier alpha value is -3.17. The van der Waals surface area contributed by atoms with Gasteiger partial charge in [-0.25, -0.2) is 4.98 Å². The van der Waals surface area contributed by atoms with Crippen molar-refractivity contribution in [1.29, 1.82) is 0 Å². The zero-order chi connectivity index (χ0) is 18.6. The minimum atomic E-state index is -0.0491. The summed E-state index contributed by atoms with van der Waals surface area (Å²) in [4.78, 5) is 17.1. The van der Waals surface area contributed by atoms with E-state index in [1.54, 1.807) is 24.3 Å². The summed E-state index contributed by atoms with van der Waals surface area (Å²) >= 11 is 6.35. The van der Waals surface area contributed by atoms with Crippen LogP contribution in [-0.2, 0) is 6.54 Å². The third-order valence-electron chi connectivity index (χ3n) is 4.41. The molecule has 132 valence electrons. The van der Waals surface area contributed by atoms with Gasteiger partial charge in [-0.15, -0.1) is 0 Å². The zero-order valence-corrected chi connectivity index (χ0v) is 15.3. The van der Waals surface area contributed by atoms with Crippen molar-refractivity contribution in [3.63, 3.8) is 0 Å². The molecule has 0 radical (unpaired) electrons. The number of allylic oxidation sites excluding steroid dienone is 1. The molecular formula is C23H17ClN2O. The lowest BCUT2D eigenvalue weighted by Crippen LogP contribution is -2.03. The Morgan fingerprint density at radius 1 is 0.926 bits per heavy atom. The SMILES string of the molecule is O=C(/C=C/c1nc2ccccc2n1Cc1ccccc1Cl)c1ccccc1. The summed E-state index contributed by atoms with van der Waals surface area (Å²) in [5.74, 6) is 0.673. The molecule has 0 aliphatic heterocycles. The van der Waals surface area contributed by atoms with Gasteiger partial charge in [0.15, 0.2) is 5.78 Å². The maximum absolute atomic E-state index is 12.4. The maximum atomic E-state index is 12.4. The fourth-order valence-electron chi connectivity index (χ4n) is 3.03. The first-order chi connectivity index (χ1) is 13.2. The number of benzene rings is 3. The molecule has 3 nitrogen and oxygen atoms in total. The van der Waals surface area contributed by atoms with Crippen LogP contribution in [0.5, 0.6) is 0 Å². The Bertz CT molecular complexity index is 1130. The number of aromatic nitrogens is 2. The first-order valence-electron chi connectivity index (χ1n) is 8.68. The number of hydrogen-bond acceptors (Lipinski definition) is 2. The summed E-state index contributed by atoms with van der Waals surface area (Å²) in [6.45, 7) is 0.583. The van der Waals surface area contributed by atoms with Crippen LogP contribution in [0.3, 0.4) is 0 Å². The van der Waals surface area contributed by atoms with Crippen molar-refractivity contribution >= 4 is 34.5 Å². The third-order valence-corrected chi connectivity index (χ3v) is 4.78. The molecule has 1 heterocycles. The smallest absolute Gasteiger partial charge is 0.185 e. The molecule has 0 amide bonds. The molecule has 0 saturated carbocycles. The van der Waals surface area contributed by atoms with Gasteiger partial charge in [-0.05, 0) is 35.9 Å². The molecule has 4 heteroatoms. The first-order valence-corrected chi connectivity index (χ1v) is 9.06. The Labute approximate surface area is 162 Å². The molecule has 0 unspecified atom stereocenters. The lowest BCUT2D eigenvalue weighted by atomic mass is 10.1. The summed E-state index contributed by atoms with van der Waals surface area (Å²) in [5, 5.41) is 0.713. The average molecular weight is 373 g/mol. The van der Waals surface area contributed by atoms with E-state index in [0.29, 0.717) is 17.1 Å². The second kappa shape index (κ2) is 7.60. The van der Waals surface area contributed by atoms with Gasteiger partial charge in [-0.3, -0.25) is 4.79 Å². The molecular weight excluding hydrogens is 356 g/mol. The number of rotatable bonds is 5. The van der Waals surface area contributed by atoms with Gasteiger partial charge < -0.3 is 4.57 Å². The fraction of sp³-hybridized carbons (Fsp3) is 0.0435. The summed E-state index contributed by atoms with van der Waals surface area (Å²) in [6.07, 6.45) is 3.34. The van der Waals surface area contributed by atoms with Crippen LogP contribution in [0.2, 0.25) is 5.02 Å². The Kier molecular flexibility index (Phi) is 4.86. The molecule has 0 atom stereocenters. The quantitative estimate of drug-likeness (QED) is 0.336. The van der Waals surface area contributed by atoms with E-state index in [-0.39, 0.29) is 5.78 Å². The van der Waals surface area contributed by atoms with Crippen molar-refractivity contribution in [3.05, 3.63) is 107 Å². The number of fused-ring (bicyclic) bond motifs is 1. The highest BCUT2D eigenvalue weighted by atomic mass is 35.5. The number of imidazole rings is 1. The van der Waals surface area contributed by atoms with Gasteiger partial charge in [0.2, 0.25) is 0 Å².